The summed E-state index contributed by atoms with van der Waals surface area (Å²) in [7, 11) is -1.73. The first-order valence-corrected chi connectivity index (χ1v) is 14.0. The monoisotopic (exact) mass is 575 g/mol. The number of benzene rings is 4. The molecule has 8 heteroatoms. The predicted octanol–water partition coefficient (Wildman–Crippen LogP) is 11.4. The van der Waals surface area contributed by atoms with Gasteiger partial charge in [-0.3, -0.25) is 0 Å². The van der Waals surface area contributed by atoms with Crippen LogP contribution in [0.4, 0.5) is 0 Å². The van der Waals surface area contributed by atoms with Gasteiger partial charge in [-0.2, -0.15) is 4.67 Å². The van der Waals surface area contributed by atoms with Crippen LogP contribution in [0.5, 0.6) is 0 Å². The number of rotatable bonds is 5. The maximum atomic E-state index is 6.69. The smallest absolute Gasteiger partial charge is 0.310 e. The minimum Gasteiger partial charge on any atom is -0.406 e. The topological polar surface area (TPSA) is 29.5 Å². The van der Waals surface area contributed by atoms with E-state index in [2.05, 4.69) is 42.8 Å². The van der Waals surface area contributed by atoms with E-state index in [1.54, 1.807) is 24.3 Å². The van der Waals surface area contributed by atoms with Crippen molar-refractivity contribution in [1.82, 2.24) is 0 Å². The number of halogens is 4. The van der Waals surface area contributed by atoms with Gasteiger partial charge in [0.2, 0.25) is 0 Å². The third kappa shape index (κ3) is 5.02. The van der Waals surface area contributed by atoms with E-state index in [-0.39, 0.29) is 12.1 Å². The summed E-state index contributed by atoms with van der Waals surface area (Å²) in [6.07, 6.45) is 0. The third-order valence-electron chi connectivity index (χ3n) is 6.19. The van der Waals surface area contributed by atoms with Crippen molar-refractivity contribution in [1.29, 1.82) is 0 Å². The Morgan fingerprint density at radius 3 is 1.39 bits per heavy atom. The predicted molar refractivity (Wildman–Crippen MR) is 154 cm³/mol. The second-order valence-electron chi connectivity index (χ2n) is 8.50. The van der Waals surface area contributed by atoms with Gasteiger partial charge in [0.1, 0.15) is 0 Å². The molecule has 0 aliphatic rings. The van der Waals surface area contributed by atoms with Gasteiger partial charge in [0.05, 0.1) is 10.0 Å². The van der Waals surface area contributed by atoms with Gasteiger partial charge in [-0.25, -0.2) is 0 Å². The van der Waals surface area contributed by atoms with Gasteiger partial charge >= 0.3 is 8.16 Å². The molecule has 0 amide bonds. The Labute approximate surface area is 230 Å². The molecule has 0 saturated heterocycles. The molecule has 0 unspecified atom stereocenters. The Hall–Kier alpha value is -2.10. The summed E-state index contributed by atoms with van der Waals surface area (Å²) in [6.45, 7) is 4.28. The Kier molecular flexibility index (Phi) is 7.60. The molecule has 5 aromatic rings. The quantitative estimate of drug-likeness (QED) is 0.208. The van der Waals surface area contributed by atoms with Crippen LogP contribution in [0.3, 0.4) is 0 Å². The fourth-order valence-electron chi connectivity index (χ4n) is 4.36. The van der Waals surface area contributed by atoms with Crippen LogP contribution in [-0.4, -0.2) is 0 Å². The fourth-order valence-corrected chi connectivity index (χ4v) is 7.30. The lowest BCUT2D eigenvalue weighted by molar-refractivity contribution is 0.558. The van der Waals surface area contributed by atoms with Gasteiger partial charge in [0.25, 0.3) is 0 Å². The molecule has 0 saturated carbocycles. The van der Waals surface area contributed by atoms with Crippen molar-refractivity contribution in [2.45, 2.75) is 25.9 Å². The lowest BCUT2D eigenvalue weighted by Crippen LogP contribution is -2.27. The number of nitrogens with zero attached hydrogens (tertiary/aromatic N) is 1. The van der Waals surface area contributed by atoms with E-state index in [4.69, 9.17) is 54.8 Å². The summed E-state index contributed by atoms with van der Waals surface area (Å²) >= 11 is 26.2. The molecule has 0 fully saturated rings. The summed E-state index contributed by atoms with van der Waals surface area (Å²) in [5.41, 5.74) is 3.22. The summed E-state index contributed by atoms with van der Waals surface area (Å²) in [4.78, 5) is 0. The van der Waals surface area contributed by atoms with Crippen LogP contribution in [0.2, 0.25) is 20.1 Å². The minimum atomic E-state index is -1.73. The van der Waals surface area contributed by atoms with Gasteiger partial charge in [-0.1, -0.05) is 107 Å². The first-order valence-electron chi connectivity index (χ1n) is 11.4. The maximum Gasteiger partial charge on any atom is 0.310 e. The van der Waals surface area contributed by atoms with E-state index in [1.165, 1.54) is 0 Å². The highest BCUT2D eigenvalue weighted by atomic mass is 35.5. The summed E-state index contributed by atoms with van der Waals surface area (Å²) in [6, 6.07) is 27.3. The molecule has 36 heavy (non-hydrogen) atoms. The van der Waals surface area contributed by atoms with Crippen molar-refractivity contribution in [2.75, 3.05) is 4.67 Å². The zero-order valence-corrected chi connectivity index (χ0v) is 23.4. The maximum absolute atomic E-state index is 6.69. The van der Waals surface area contributed by atoms with Gasteiger partial charge in [0.15, 0.2) is 11.2 Å². The molecule has 5 rings (SSSR count). The molecule has 4 aromatic carbocycles. The molecule has 0 aliphatic carbocycles. The molecular weight excluding hydrogens is 555 g/mol. The molecule has 0 bridgehead atoms. The third-order valence-corrected chi connectivity index (χ3v) is 8.94. The largest absolute Gasteiger partial charge is 0.406 e. The molecule has 1 heterocycles. The number of hydrogen-bond acceptors (Lipinski definition) is 3. The standard InChI is InChI=1S/C28H22Cl4NO2P/c1-17(19-9-5-3-6-10-19)33(18(2)20-11-7-4-8-12-20)36-34-27-23(13-21(29)15-25(27)31)24-14-22(30)16-26(32)28(24)35-36/h3-18H,1-2H3/t17-,18-/m1/s1. The van der Waals surface area contributed by atoms with Crippen molar-refractivity contribution >= 4 is 76.5 Å². The number of fused-ring (bicyclic) bond motifs is 3. The van der Waals surface area contributed by atoms with Gasteiger partial charge in [0, 0.05) is 32.9 Å². The van der Waals surface area contributed by atoms with E-state index in [1.807, 2.05) is 36.4 Å². The molecule has 2 atom stereocenters. The Bertz CT molecular complexity index is 1460. The van der Waals surface area contributed by atoms with Gasteiger partial charge in [-0.15, -0.1) is 0 Å². The van der Waals surface area contributed by atoms with Crippen molar-refractivity contribution in [3.05, 3.63) is 116 Å². The number of hydrogen-bond donors (Lipinski definition) is 0. The van der Waals surface area contributed by atoms with Crippen LogP contribution in [0.25, 0.3) is 21.9 Å². The fraction of sp³-hybridized carbons (Fsp3) is 0.143. The Balaban J connectivity index is 1.86. The van der Waals surface area contributed by atoms with Crippen LogP contribution in [0.15, 0.2) is 93.3 Å². The summed E-state index contributed by atoms with van der Waals surface area (Å²) in [5.74, 6) is 0. The van der Waals surface area contributed by atoms with E-state index in [0.717, 1.165) is 11.1 Å². The Morgan fingerprint density at radius 2 is 1.00 bits per heavy atom. The second kappa shape index (κ2) is 10.7. The average molecular weight is 577 g/mol. The summed E-state index contributed by atoms with van der Waals surface area (Å²) in [5, 5.41) is 3.08. The van der Waals surface area contributed by atoms with E-state index < -0.39 is 8.16 Å². The SMILES string of the molecule is C[C@H](c1ccccc1)N([C@H](C)c1ccccc1)p1oc2c(Cl)cc(Cl)cc2c2cc(Cl)cc(Cl)c2o1. The molecule has 0 aliphatic heterocycles. The van der Waals surface area contributed by atoms with Crippen LogP contribution < -0.4 is 4.67 Å². The molecular formula is C28H22Cl4NO2P. The molecule has 0 spiro atoms. The van der Waals surface area contributed by atoms with Crippen molar-refractivity contribution in [3.63, 3.8) is 0 Å². The molecule has 0 N–H and O–H groups in total. The van der Waals surface area contributed by atoms with Gasteiger partial charge < -0.3 is 8.39 Å². The Morgan fingerprint density at radius 1 is 0.611 bits per heavy atom. The van der Waals surface area contributed by atoms with Crippen molar-refractivity contribution in [3.8, 4) is 0 Å². The van der Waals surface area contributed by atoms with E-state index in [0.29, 0.717) is 42.0 Å². The zero-order valence-electron chi connectivity index (χ0n) is 19.5. The minimum absolute atomic E-state index is 0.0605. The molecule has 184 valence electrons. The van der Waals surface area contributed by atoms with Crippen LogP contribution in [0, 0.1) is 0 Å². The molecule has 3 nitrogen and oxygen atoms in total. The zero-order chi connectivity index (χ0) is 25.4. The molecule has 1 aromatic heterocycles. The second-order valence-corrected chi connectivity index (χ2v) is 11.5. The average Bonchev–Trinajstić information content (AvgIpc) is 3.03. The van der Waals surface area contributed by atoms with E-state index in [9.17, 15) is 0 Å². The van der Waals surface area contributed by atoms with Crippen molar-refractivity contribution in [2.24, 2.45) is 0 Å². The van der Waals surface area contributed by atoms with Crippen molar-refractivity contribution < 1.29 is 8.39 Å². The first kappa shape index (κ1) is 25.5. The van der Waals surface area contributed by atoms with Crippen LogP contribution >= 0.6 is 54.6 Å². The normalized spacial score (nSPS) is 13.3. The van der Waals surface area contributed by atoms with Gasteiger partial charge in [-0.05, 0) is 49.2 Å². The highest BCUT2D eigenvalue weighted by molar-refractivity contribution is 7.39. The molecule has 0 radical (unpaired) electrons. The lowest BCUT2D eigenvalue weighted by atomic mass is 10.0. The van der Waals surface area contributed by atoms with Crippen LogP contribution in [-0.2, 0) is 0 Å². The highest BCUT2D eigenvalue weighted by Gasteiger charge is 2.29. The highest BCUT2D eigenvalue weighted by Crippen LogP contribution is 2.48. The first-order chi connectivity index (χ1) is 17.3. The lowest BCUT2D eigenvalue weighted by Gasteiger charge is -2.31. The van der Waals surface area contributed by atoms with Crippen LogP contribution in [0.1, 0.15) is 37.1 Å². The summed E-state index contributed by atoms with van der Waals surface area (Å²) < 4.78 is 15.5. The van der Waals surface area contributed by atoms with E-state index >= 15 is 0 Å².